The summed E-state index contributed by atoms with van der Waals surface area (Å²) in [4.78, 5) is 26.2. The van der Waals surface area contributed by atoms with Crippen molar-refractivity contribution in [2.45, 2.75) is 69.1 Å². The zero-order chi connectivity index (χ0) is 31.5. The Morgan fingerprint density at radius 2 is 1.67 bits per heavy atom. The minimum Gasteiger partial charge on any atom is -0.506 e. The molecule has 2 aromatic rings. The Kier molecular flexibility index (Phi) is 7.51. The van der Waals surface area contributed by atoms with Crippen molar-refractivity contribution in [3.05, 3.63) is 88.3 Å². The van der Waals surface area contributed by atoms with E-state index >= 15 is 0 Å². The van der Waals surface area contributed by atoms with Crippen LogP contribution >= 0.6 is 0 Å². The molecule has 0 saturated heterocycles. The van der Waals surface area contributed by atoms with Gasteiger partial charge in [0.15, 0.2) is 5.71 Å². The summed E-state index contributed by atoms with van der Waals surface area (Å²) >= 11 is 0. The maximum absolute atomic E-state index is 13.5. The third-order valence-electron chi connectivity index (χ3n) is 8.94. The minimum absolute atomic E-state index is 0.0724. The smallest absolute Gasteiger partial charge is 0.303 e. The molecule has 3 N–H and O–H groups in total. The highest BCUT2D eigenvalue weighted by Gasteiger charge is 2.46. The van der Waals surface area contributed by atoms with Gasteiger partial charge in [-0.25, -0.2) is 0 Å². The van der Waals surface area contributed by atoms with E-state index in [-0.39, 0.29) is 39.4 Å². The number of rotatable bonds is 9. The number of hydrogen-bond acceptors (Lipinski definition) is 6. The van der Waals surface area contributed by atoms with E-state index in [1.807, 2.05) is 48.6 Å². The highest BCUT2D eigenvalue weighted by atomic mass is 32.2. The third kappa shape index (κ3) is 5.12. The molecule has 226 valence electrons. The predicted octanol–water partition coefficient (Wildman–Crippen LogP) is 5.59. The Labute approximate surface area is 251 Å². The number of para-hydroxylation sites is 1. The van der Waals surface area contributed by atoms with Gasteiger partial charge in [0.05, 0.1) is 21.5 Å². The van der Waals surface area contributed by atoms with Gasteiger partial charge in [0.25, 0.3) is 10.1 Å². The SMILES string of the molecule is C[N+]1=C(/C=C2/C(=O)C(/C=C3/N(CCCCCC(=O)O)c4ccc(S(=O)(=O)O)cc4C3(C)C)=C2O)C(C)(C)c2ccccc21. The molecule has 2 aliphatic heterocycles. The number of carboxylic acid groups (broad SMARTS) is 1. The fourth-order valence-corrected chi connectivity index (χ4v) is 6.99. The highest BCUT2D eigenvalue weighted by Crippen LogP contribution is 2.50. The fraction of sp³-hybridized carbons (Fsp3) is 0.364. The van der Waals surface area contributed by atoms with Gasteiger partial charge in [-0.05, 0) is 56.5 Å². The lowest BCUT2D eigenvalue weighted by atomic mass is 9.77. The summed E-state index contributed by atoms with van der Waals surface area (Å²) in [6, 6.07) is 12.5. The number of Topliss-reactive ketones (excluding diaryl/α,β-unsaturated/α-hetero) is 1. The molecule has 10 heteroatoms. The van der Waals surface area contributed by atoms with Crippen molar-refractivity contribution in [1.82, 2.24) is 0 Å². The fourth-order valence-electron chi connectivity index (χ4n) is 6.48. The number of anilines is 1. The lowest BCUT2D eigenvalue weighted by Crippen LogP contribution is -2.32. The van der Waals surface area contributed by atoms with Crippen LogP contribution in [0.3, 0.4) is 0 Å². The van der Waals surface area contributed by atoms with E-state index in [1.165, 1.54) is 12.1 Å². The third-order valence-corrected chi connectivity index (χ3v) is 9.79. The van der Waals surface area contributed by atoms with Crippen molar-refractivity contribution in [2.24, 2.45) is 0 Å². The van der Waals surface area contributed by atoms with Crippen LogP contribution in [0, 0.1) is 0 Å². The summed E-state index contributed by atoms with van der Waals surface area (Å²) in [5.41, 5.74) is 4.42. The molecule has 5 rings (SSSR count). The molecule has 0 amide bonds. The van der Waals surface area contributed by atoms with Crippen molar-refractivity contribution in [3.63, 3.8) is 0 Å². The zero-order valence-electron chi connectivity index (χ0n) is 25.0. The molecule has 1 aliphatic carbocycles. The van der Waals surface area contributed by atoms with Gasteiger partial charge >= 0.3 is 5.97 Å². The highest BCUT2D eigenvalue weighted by molar-refractivity contribution is 7.85. The molecule has 9 nitrogen and oxygen atoms in total. The molecular formula is C33H37N2O7S+. The first-order chi connectivity index (χ1) is 20.1. The first kappa shape index (κ1) is 30.4. The average Bonchev–Trinajstić information content (AvgIpc) is 3.27. The number of carboxylic acids is 1. The molecule has 3 aliphatic rings. The molecule has 0 atom stereocenters. The van der Waals surface area contributed by atoms with Gasteiger partial charge in [-0.3, -0.25) is 14.1 Å². The molecule has 0 aromatic heterocycles. The molecule has 43 heavy (non-hydrogen) atoms. The number of unbranched alkanes of at least 4 members (excludes halogenated alkanes) is 2. The zero-order valence-corrected chi connectivity index (χ0v) is 25.8. The van der Waals surface area contributed by atoms with Crippen LogP contribution in [0.25, 0.3) is 0 Å². The number of benzene rings is 2. The van der Waals surface area contributed by atoms with E-state index in [0.29, 0.717) is 37.1 Å². The second-order valence-electron chi connectivity index (χ2n) is 12.4. The quantitative estimate of drug-likeness (QED) is 0.146. The molecule has 0 fully saturated rings. The van der Waals surface area contributed by atoms with Gasteiger partial charge < -0.3 is 15.1 Å². The lowest BCUT2D eigenvalue weighted by molar-refractivity contribution is -0.401. The van der Waals surface area contributed by atoms with Crippen LogP contribution in [0.1, 0.15) is 64.5 Å². The van der Waals surface area contributed by atoms with Crippen LogP contribution in [-0.4, -0.2) is 58.8 Å². The number of carbonyl (C=O) groups excluding carboxylic acids is 1. The van der Waals surface area contributed by atoms with Crippen LogP contribution in [0.5, 0.6) is 0 Å². The number of hydrogen-bond donors (Lipinski definition) is 3. The summed E-state index contributed by atoms with van der Waals surface area (Å²) in [7, 11) is -2.49. The van der Waals surface area contributed by atoms with Crippen LogP contribution in [-0.2, 0) is 30.5 Å². The number of fused-ring (bicyclic) bond motifs is 2. The number of carbonyl (C=O) groups is 2. The summed E-state index contributed by atoms with van der Waals surface area (Å²) in [6.45, 7) is 8.46. The topological polar surface area (TPSA) is 135 Å². The molecule has 0 spiro atoms. The van der Waals surface area contributed by atoms with Gasteiger partial charge in [0, 0.05) is 47.5 Å². The number of allylic oxidation sites excluding steroid dienone is 5. The number of ketones is 1. The monoisotopic (exact) mass is 605 g/mol. The van der Waals surface area contributed by atoms with Gasteiger partial charge in [0.1, 0.15) is 12.8 Å². The Hall–Kier alpha value is -4.02. The normalized spacial score (nSPS) is 20.6. The van der Waals surface area contributed by atoms with Gasteiger partial charge in [-0.2, -0.15) is 13.0 Å². The maximum atomic E-state index is 13.5. The molecule has 0 bridgehead atoms. The van der Waals surface area contributed by atoms with Gasteiger partial charge in [0.2, 0.25) is 11.5 Å². The van der Waals surface area contributed by atoms with Crippen LogP contribution in [0.15, 0.2) is 82.1 Å². The van der Waals surface area contributed by atoms with E-state index in [1.54, 1.807) is 18.2 Å². The number of aliphatic hydroxyl groups excluding tert-OH is 1. The first-order valence-electron chi connectivity index (χ1n) is 14.3. The second kappa shape index (κ2) is 10.6. The van der Waals surface area contributed by atoms with Crippen molar-refractivity contribution < 1.29 is 37.3 Å². The van der Waals surface area contributed by atoms with Crippen molar-refractivity contribution in [3.8, 4) is 0 Å². The van der Waals surface area contributed by atoms with Crippen LogP contribution in [0.2, 0.25) is 0 Å². The van der Waals surface area contributed by atoms with Crippen LogP contribution in [0.4, 0.5) is 11.4 Å². The van der Waals surface area contributed by atoms with E-state index in [2.05, 4.69) is 19.9 Å². The number of aliphatic carboxylic acids is 1. The first-order valence-corrected chi connectivity index (χ1v) is 15.7. The standard InChI is InChI=1S/C33H36N2O7S/c1-32(2)23-11-8-9-12-25(23)34(5)27(32)18-21-30(38)22(31(21)39)19-28-33(3,4)24-17-20(43(40,41)42)14-15-26(24)35(28)16-10-6-7-13-29(36)37/h8-9,11-12,14-15,17-19H,6-7,10,13,16H2,1-5H3,(H2-,36,37,38,39,40,41,42)/p+1. The van der Waals surface area contributed by atoms with Crippen molar-refractivity contribution >= 4 is 39.0 Å². The molecule has 2 aromatic carbocycles. The average molecular weight is 606 g/mol. The molecule has 0 unspecified atom stereocenters. The van der Waals surface area contributed by atoms with E-state index < -0.39 is 21.5 Å². The predicted molar refractivity (Wildman–Crippen MR) is 164 cm³/mol. The largest absolute Gasteiger partial charge is 0.506 e. The summed E-state index contributed by atoms with van der Waals surface area (Å²) in [6.07, 6.45) is 5.34. The van der Waals surface area contributed by atoms with E-state index in [9.17, 15) is 27.7 Å². The molecule has 0 radical (unpaired) electrons. The Balaban J connectivity index is 1.53. The van der Waals surface area contributed by atoms with E-state index in [0.717, 1.165) is 22.6 Å². The molecule has 2 heterocycles. The van der Waals surface area contributed by atoms with Crippen molar-refractivity contribution in [2.75, 3.05) is 18.5 Å². The Morgan fingerprint density at radius 3 is 2.30 bits per heavy atom. The maximum Gasteiger partial charge on any atom is 0.303 e. The van der Waals surface area contributed by atoms with Crippen molar-refractivity contribution in [1.29, 1.82) is 0 Å². The molecular weight excluding hydrogens is 568 g/mol. The summed E-state index contributed by atoms with van der Waals surface area (Å²) < 4.78 is 35.6. The molecule has 0 saturated carbocycles. The summed E-state index contributed by atoms with van der Waals surface area (Å²) in [5, 5.41) is 20.2. The number of aliphatic hydroxyl groups is 1. The van der Waals surface area contributed by atoms with Crippen LogP contribution < -0.4 is 4.90 Å². The lowest BCUT2D eigenvalue weighted by Gasteiger charge is -2.29. The Morgan fingerprint density at radius 1 is 0.977 bits per heavy atom. The van der Waals surface area contributed by atoms with Gasteiger partial charge in [-0.1, -0.05) is 38.5 Å². The van der Waals surface area contributed by atoms with E-state index in [4.69, 9.17) is 5.11 Å². The Bertz CT molecular complexity index is 1790. The van der Waals surface area contributed by atoms with Gasteiger partial charge in [-0.15, -0.1) is 0 Å². The minimum atomic E-state index is -4.44. The number of nitrogens with zero attached hydrogens (tertiary/aromatic N) is 2. The summed E-state index contributed by atoms with van der Waals surface area (Å²) in [5.74, 6) is -1.24. The second-order valence-corrected chi connectivity index (χ2v) is 13.8.